The number of ketones is 1. The molecule has 2 bridgehead atoms. The molecule has 0 aromatic rings. The van der Waals surface area contributed by atoms with E-state index in [1.807, 2.05) is 0 Å². The number of aliphatic hydroxyl groups is 1. The van der Waals surface area contributed by atoms with Gasteiger partial charge in [0.25, 0.3) is 0 Å². The lowest BCUT2D eigenvalue weighted by Gasteiger charge is -2.29. The summed E-state index contributed by atoms with van der Waals surface area (Å²) in [6.45, 7) is 2.23. The van der Waals surface area contributed by atoms with E-state index in [4.69, 9.17) is 5.11 Å². The van der Waals surface area contributed by atoms with E-state index in [0.29, 0.717) is 30.5 Å². The Morgan fingerprint density at radius 1 is 1.57 bits per heavy atom. The van der Waals surface area contributed by atoms with Crippen molar-refractivity contribution >= 4 is 5.78 Å². The molecule has 2 aliphatic carbocycles. The Morgan fingerprint density at radius 3 is 2.86 bits per heavy atom. The quantitative estimate of drug-likeness (QED) is 0.694. The topological polar surface area (TPSA) is 37.3 Å². The standard InChI is InChI=1S/C12H18O2/c1-12(11(14)3-2-6-13)8-9-4-5-10(12)7-9/h4-5,9-10,13H,2-3,6-8H2,1H3. The molecule has 0 radical (unpaired) electrons. The van der Waals surface area contributed by atoms with E-state index in [0.717, 1.165) is 6.42 Å². The molecule has 0 amide bonds. The number of carbonyl (C=O) groups excluding carboxylic acids is 1. The zero-order valence-corrected chi connectivity index (χ0v) is 8.70. The molecule has 3 atom stereocenters. The predicted octanol–water partition coefficient (Wildman–Crippen LogP) is 1.93. The van der Waals surface area contributed by atoms with Gasteiger partial charge in [0.05, 0.1) is 0 Å². The fourth-order valence-electron chi connectivity index (χ4n) is 2.94. The second kappa shape index (κ2) is 3.50. The SMILES string of the molecule is CC1(C(=O)CCCO)CC2C=CC1C2. The van der Waals surface area contributed by atoms with Crippen molar-refractivity contribution in [1.82, 2.24) is 0 Å². The van der Waals surface area contributed by atoms with E-state index in [2.05, 4.69) is 19.1 Å². The van der Waals surface area contributed by atoms with Crippen molar-refractivity contribution in [3.63, 3.8) is 0 Å². The van der Waals surface area contributed by atoms with Gasteiger partial charge in [-0.2, -0.15) is 0 Å². The Kier molecular flexibility index (Phi) is 2.48. The maximum absolute atomic E-state index is 12.0. The summed E-state index contributed by atoms with van der Waals surface area (Å²) in [6, 6.07) is 0. The lowest BCUT2D eigenvalue weighted by atomic mass is 9.73. The van der Waals surface area contributed by atoms with Crippen molar-refractivity contribution in [2.45, 2.75) is 32.6 Å². The van der Waals surface area contributed by atoms with Crippen LogP contribution in [0.5, 0.6) is 0 Å². The fraction of sp³-hybridized carbons (Fsp3) is 0.750. The molecule has 0 aromatic heterocycles. The third kappa shape index (κ3) is 1.42. The summed E-state index contributed by atoms with van der Waals surface area (Å²) in [5.41, 5.74) is -0.116. The summed E-state index contributed by atoms with van der Waals surface area (Å²) < 4.78 is 0. The molecular formula is C12H18O2. The summed E-state index contributed by atoms with van der Waals surface area (Å²) in [5.74, 6) is 1.46. The van der Waals surface area contributed by atoms with Gasteiger partial charge < -0.3 is 5.11 Å². The summed E-state index contributed by atoms with van der Waals surface area (Å²) >= 11 is 0. The molecule has 2 rings (SSSR count). The van der Waals surface area contributed by atoms with E-state index in [1.165, 1.54) is 6.42 Å². The van der Waals surface area contributed by atoms with Crippen molar-refractivity contribution in [2.24, 2.45) is 17.3 Å². The molecule has 0 spiro atoms. The number of rotatable bonds is 4. The maximum Gasteiger partial charge on any atom is 0.139 e. The molecule has 2 aliphatic rings. The van der Waals surface area contributed by atoms with Gasteiger partial charge in [-0.1, -0.05) is 19.1 Å². The Labute approximate surface area is 85.0 Å². The monoisotopic (exact) mass is 194 g/mol. The number of carbonyl (C=O) groups is 1. The highest BCUT2D eigenvalue weighted by Gasteiger charge is 2.48. The smallest absolute Gasteiger partial charge is 0.139 e. The van der Waals surface area contributed by atoms with Crippen LogP contribution in [0.25, 0.3) is 0 Å². The van der Waals surface area contributed by atoms with Gasteiger partial charge in [0.1, 0.15) is 5.78 Å². The summed E-state index contributed by atoms with van der Waals surface area (Å²) in [4.78, 5) is 12.0. The van der Waals surface area contributed by atoms with Gasteiger partial charge in [-0.25, -0.2) is 0 Å². The minimum absolute atomic E-state index is 0.116. The highest BCUT2D eigenvalue weighted by atomic mass is 16.3. The Hall–Kier alpha value is -0.630. The van der Waals surface area contributed by atoms with Gasteiger partial charge in [-0.05, 0) is 31.1 Å². The number of allylic oxidation sites excluding steroid dienone is 2. The molecular weight excluding hydrogens is 176 g/mol. The van der Waals surface area contributed by atoms with E-state index in [1.54, 1.807) is 0 Å². The van der Waals surface area contributed by atoms with E-state index < -0.39 is 0 Å². The van der Waals surface area contributed by atoms with Crippen LogP contribution in [0.2, 0.25) is 0 Å². The van der Waals surface area contributed by atoms with Crippen LogP contribution in [0.15, 0.2) is 12.2 Å². The zero-order chi connectivity index (χ0) is 10.2. The normalized spacial score (nSPS) is 39.3. The molecule has 2 heteroatoms. The van der Waals surface area contributed by atoms with Crippen LogP contribution in [0.4, 0.5) is 0 Å². The Bertz CT molecular complexity index is 269. The van der Waals surface area contributed by atoms with Crippen molar-refractivity contribution in [1.29, 1.82) is 0 Å². The van der Waals surface area contributed by atoms with Crippen LogP contribution in [0.1, 0.15) is 32.6 Å². The summed E-state index contributed by atoms with van der Waals surface area (Å²) in [7, 11) is 0. The van der Waals surface area contributed by atoms with E-state index in [9.17, 15) is 4.79 Å². The number of fused-ring (bicyclic) bond motifs is 2. The van der Waals surface area contributed by atoms with Crippen LogP contribution >= 0.6 is 0 Å². The molecule has 14 heavy (non-hydrogen) atoms. The van der Waals surface area contributed by atoms with Crippen LogP contribution < -0.4 is 0 Å². The number of hydrogen-bond donors (Lipinski definition) is 1. The first-order valence-electron chi connectivity index (χ1n) is 5.49. The van der Waals surface area contributed by atoms with Gasteiger partial charge in [0.2, 0.25) is 0 Å². The van der Waals surface area contributed by atoms with Crippen LogP contribution in [-0.2, 0) is 4.79 Å². The third-order valence-electron chi connectivity index (χ3n) is 3.88. The maximum atomic E-state index is 12.0. The summed E-state index contributed by atoms with van der Waals surface area (Å²) in [6.07, 6.45) is 7.83. The molecule has 2 nitrogen and oxygen atoms in total. The van der Waals surface area contributed by atoms with Gasteiger partial charge in [0.15, 0.2) is 0 Å². The average Bonchev–Trinajstić information content (AvgIpc) is 2.73. The van der Waals surface area contributed by atoms with Crippen molar-refractivity contribution in [3.05, 3.63) is 12.2 Å². The number of aliphatic hydroxyl groups excluding tert-OH is 1. The minimum Gasteiger partial charge on any atom is -0.396 e. The molecule has 1 saturated carbocycles. The lowest BCUT2D eigenvalue weighted by molar-refractivity contribution is -0.129. The van der Waals surface area contributed by atoms with Crippen molar-refractivity contribution < 1.29 is 9.90 Å². The largest absolute Gasteiger partial charge is 0.396 e. The first kappa shape index (κ1) is 9.91. The van der Waals surface area contributed by atoms with Gasteiger partial charge in [-0.15, -0.1) is 0 Å². The molecule has 78 valence electrons. The van der Waals surface area contributed by atoms with Gasteiger partial charge in [0, 0.05) is 18.4 Å². The zero-order valence-electron chi connectivity index (χ0n) is 8.70. The first-order chi connectivity index (χ1) is 6.66. The predicted molar refractivity (Wildman–Crippen MR) is 54.8 cm³/mol. The average molecular weight is 194 g/mol. The highest BCUT2D eigenvalue weighted by Crippen LogP contribution is 2.52. The summed E-state index contributed by atoms with van der Waals surface area (Å²) in [5, 5.41) is 8.71. The second-order valence-corrected chi connectivity index (χ2v) is 4.86. The number of Topliss-reactive ketones (excluding diaryl/α,β-unsaturated/α-hetero) is 1. The van der Waals surface area contributed by atoms with Gasteiger partial charge in [-0.3, -0.25) is 4.79 Å². The van der Waals surface area contributed by atoms with Crippen LogP contribution in [-0.4, -0.2) is 17.5 Å². The van der Waals surface area contributed by atoms with E-state index >= 15 is 0 Å². The molecule has 0 aliphatic heterocycles. The fourth-order valence-corrected chi connectivity index (χ4v) is 2.94. The molecule has 0 aromatic carbocycles. The van der Waals surface area contributed by atoms with Crippen molar-refractivity contribution in [2.75, 3.05) is 6.61 Å². The lowest BCUT2D eigenvalue weighted by Crippen LogP contribution is -2.32. The first-order valence-corrected chi connectivity index (χ1v) is 5.49. The van der Waals surface area contributed by atoms with Crippen molar-refractivity contribution in [3.8, 4) is 0 Å². The minimum atomic E-state index is -0.116. The van der Waals surface area contributed by atoms with E-state index in [-0.39, 0.29) is 12.0 Å². The molecule has 1 N–H and O–H groups in total. The van der Waals surface area contributed by atoms with Crippen LogP contribution in [0, 0.1) is 17.3 Å². The number of hydrogen-bond acceptors (Lipinski definition) is 2. The third-order valence-corrected chi connectivity index (χ3v) is 3.88. The molecule has 3 unspecified atom stereocenters. The Balaban J connectivity index is 2.03. The molecule has 1 fully saturated rings. The van der Waals surface area contributed by atoms with Crippen LogP contribution in [0.3, 0.4) is 0 Å². The molecule has 0 heterocycles. The molecule has 0 saturated heterocycles. The second-order valence-electron chi connectivity index (χ2n) is 4.86. The Morgan fingerprint density at radius 2 is 2.36 bits per heavy atom. The highest BCUT2D eigenvalue weighted by molar-refractivity contribution is 5.85. The van der Waals surface area contributed by atoms with Gasteiger partial charge >= 0.3 is 0 Å².